The molecule has 4 aromatic carbocycles. The van der Waals surface area contributed by atoms with E-state index in [9.17, 15) is 22.4 Å². The van der Waals surface area contributed by atoms with Crippen molar-refractivity contribution in [1.82, 2.24) is 10.2 Å². The average molecular weight is 618 g/mol. The molecular formula is C34H36FN3O5S. The van der Waals surface area contributed by atoms with E-state index in [1.165, 1.54) is 54.5 Å². The van der Waals surface area contributed by atoms with Crippen molar-refractivity contribution in [2.45, 2.75) is 43.8 Å². The van der Waals surface area contributed by atoms with E-state index in [-0.39, 0.29) is 29.6 Å². The molecule has 44 heavy (non-hydrogen) atoms. The molecule has 4 rings (SSSR count). The third-order valence-electron chi connectivity index (χ3n) is 6.92. The Labute approximate surface area is 258 Å². The molecule has 0 aliphatic carbocycles. The van der Waals surface area contributed by atoms with Crippen LogP contribution in [-0.4, -0.2) is 50.9 Å². The minimum atomic E-state index is -4.23. The summed E-state index contributed by atoms with van der Waals surface area (Å²) in [4.78, 5) is 29.4. The first-order valence-electron chi connectivity index (χ1n) is 14.2. The molecule has 0 saturated heterocycles. The number of nitrogens with zero attached hydrogens (tertiary/aromatic N) is 2. The zero-order chi connectivity index (χ0) is 31.7. The SMILES string of the molecule is COc1cccc(N(CC(=O)N(Cc2ccc(F)cc2)[C@@H](Cc2ccccc2)C(=O)NC(C)C)S(=O)(=O)c2ccccc2)c1. The summed E-state index contributed by atoms with van der Waals surface area (Å²) in [5, 5.41) is 2.91. The first-order chi connectivity index (χ1) is 21.1. The largest absolute Gasteiger partial charge is 0.497 e. The number of methoxy groups -OCH3 is 1. The standard InChI is InChI=1S/C34H36FN3O5S/c1-25(2)36-34(40)32(21-26-11-6-4-7-12-26)37(23-27-17-19-28(35)20-18-27)33(39)24-38(29-13-10-14-30(22-29)43-3)44(41,42)31-15-8-5-9-16-31/h4-20,22,25,32H,21,23-24H2,1-3H3,(H,36,40)/t32-/m0/s1. The van der Waals surface area contributed by atoms with Crippen LogP contribution in [0, 0.1) is 5.82 Å². The molecule has 0 radical (unpaired) electrons. The number of carbonyl (C=O) groups is 2. The molecule has 0 spiro atoms. The van der Waals surface area contributed by atoms with Gasteiger partial charge < -0.3 is 15.0 Å². The quantitative estimate of drug-likeness (QED) is 0.223. The van der Waals surface area contributed by atoms with Gasteiger partial charge in [0.05, 0.1) is 17.7 Å². The lowest BCUT2D eigenvalue weighted by Crippen LogP contribution is -2.54. The van der Waals surface area contributed by atoms with Gasteiger partial charge in [-0.15, -0.1) is 0 Å². The summed E-state index contributed by atoms with van der Waals surface area (Å²) in [5.74, 6) is -1.04. The molecule has 230 valence electrons. The van der Waals surface area contributed by atoms with Crippen molar-refractivity contribution in [3.63, 3.8) is 0 Å². The highest BCUT2D eigenvalue weighted by Gasteiger charge is 2.35. The van der Waals surface area contributed by atoms with Gasteiger partial charge in [-0.3, -0.25) is 13.9 Å². The summed E-state index contributed by atoms with van der Waals surface area (Å²) >= 11 is 0. The third-order valence-corrected chi connectivity index (χ3v) is 8.71. The van der Waals surface area contributed by atoms with Gasteiger partial charge in [-0.05, 0) is 61.4 Å². The van der Waals surface area contributed by atoms with Gasteiger partial charge in [0.1, 0.15) is 24.2 Å². The summed E-state index contributed by atoms with van der Waals surface area (Å²) in [5.41, 5.74) is 1.61. The maximum absolute atomic E-state index is 14.4. The fourth-order valence-electron chi connectivity index (χ4n) is 4.74. The lowest BCUT2D eigenvalue weighted by molar-refractivity contribution is -0.140. The Hall–Kier alpha value is -4.70. The van der Waals surface area contributed by atoms with Gasteiger partial charge in [0, 0.05) is 25.1 Å². The van der Waals surface area contributed by atoms with Crippen molar-refractivity contribution in [2.24, 2.45) is 0 Å². The van der Waals surface area contributed by atoms with E-state index >= 15 is 0 Å². The van der Waals surface area contributed by atoms with E-state index in [1.54, 1.807) is 36.4 Å². The fraction of sp³-hybridized carbons (Fsp3) is 0.235. The van der Waals surface area contributed by atoms with Crippen LogP contribution < -0.4 is 14.4 Å². The number of hydrogen-bond donors (Lipinski definition) is 1. The van der Waals surface area contributed by atoms with E-state index < -0.39 is 40.2 Å². The predicted molar refractivity (Wildman–Crippen MR) is 168 cm³/mol. The van der Waals surface area contributed by atoms with E-state index in [1.807, 2.05) is 44.2 Å². The van der Waals surface area contributed by atoms with Crippen molar-refractivity contribution < 1.29 is 27.1 Å². The fourth-order valence-corrected chi connectivity index (χ4v) is 6.16. The summed E-state index contributed by atoms with van der Waals surface area (Å²) in [6, 6.07) is 27.9. The lowest BCUT2D eigenvalue weighted by atomic mass is 10.0. The predicted octanol–water partition coefficient (Wildman–Crippen LogP) is 5.19. The van der Waals surface area contributed by atoms with Gasteiger partial charge in [-0.2, -0.15) is 0 Å². The van der Waals surface area contributed by atoms with Crippen LogP contribution in [0.1, 0.15) is 25.0 Å². The van der Waals surface area contributed by atoms with Crippen molar-refractivity contribution >= 4 is 27.5 Å². The maximum atomic E-state index is 14.4. The highest BCUT2D eigenvalue weighted by Crippen LogP contribution is 2.28. The minimum absolute atomic E-state index is 0.000842. The van der Waals surface area contributed by atoms with Gasteiger partial charge >= 0.3 is 0 Å². The first kappa shape index (κ1) is 32.2. The molecule has 0 unspecified atom stereocenters. The number of nitrogens with one attached hydrogen (secondary N) is 1. The van der Waals surface area contributed by atoms with Crippen LogP contribution in [0.3, 0.4) is 0 Å². The Morgan fingerprint density at radius 3 is 2.09 bits per heavy atom. The van der Waals surface area contributed by atoms with E-state index in [0.29, 0.717) is 11.3 Å². The molecule has 0 fully saturated rings. The van der Waals surface area contributed by atoms with Gasteiger partial charge in [-0.1, -0.05) is 66.7 Å². The number of anilines is 1. The number of sulfonamides is 1. The van der Waals surface area contributed by atoms with Gasteiger partial charge in [0.2, 0.25) is 11.8 Å². The Bertz CT molecular complexity index is 1650. The second kappa shape index (κ2) is 14.7. The molecule has 0 aliphatic heterocycles. The van der Waals surface area contributed by atoms with E-state index in [0.717, 1.165) is 9.87 Å². The number of benzene rings is 4. The summed E-state index contributed by atoms with van der Waals surface area (Å²) in [6.07, 6.45) is 0.178. The Morgan fingerprint density at radius 1 is 0.841 bits per heavy atom. The summed E-state index contributed by atoms with van der Waals surface area (Å²) in [6.45, 7) is 2.98. The summed E-state index contributed by atoms with van der Waals surface area (Å²) < 4.78 is 48.2. The number of ether oxygens (including phenoxy) is 1. The highest BCUT2D eigenvalue weighted by atomic mass is 32.2. The molecule has 1 atom stereocenters. The van der Waals surface area contributed by atoms with Crippen molar-refractivity contribution in [1.29, 1.82) is 0 Å². The van der Waals surface area contributed by atoms with Crippen LogP contribution in [-0.2, 0) is 32.6 Å². The van der Waals surface area contributed by atoms with Gasteiger partial charge in [0.25, 0.3) is 10.0 Å². The van der Waals surface area contributed by atoms with Crippen LogP contribution in [0.5, 0.6) is 5.75 Å². The average Bonchev–Trinajstić information content (AvgIpc) is 3.02. The second-order valence-corrected chi connectivity index (χ2v) is 12.4. The number of hydrogen-bond acceptors (Lipinski definition) is 5. The van der Waals surface area contributed by atoms with Crippen LogP contribution in [0.15, 0.2) is 114 Å². The molecule has 4 aromatic rings. The van der Waals surface area contributed by atoms with Crippen LogP contribution in [0.4, 0.5) is 10.1 Å². The highest BCUT2D eigenvalue weighted by molar-refractivity contribution is 7.92. The van der Waals surface area contributed by atoms with Crippen LogP contribution in [0.25, 0.3) is 0 Å². The number of amides is 2. The van der Waals surface area contributed by atoms with E-state index in [2.05, 4.69) is 5.32 Å². The third kappa shape index (κ3) is 8.23. The Balaban J connectivity index is 1.81. The normalized spacial score (nSPS) is 11.9. The summed E-state index contributed by atoms with van der Waals surface area (Å²) in [7, 11) is -2.77. The molecule has 1 N–H and O–H groups in total. The topological polar surface area (TPSA) is 96.0 Å². The molecular weight excluding hydrogens is 581 g/mol. The molecule has 2 amide bonds. The Kier molecular flexibility index (Phi) is 10.7. The molecule has 0 aliphatic rings. The zero-order valence-electron chi connectivity index (χ0n) is 24.9. The van der Waals surface area contributed by atoms with Crippen molar-refractivity contribution in [3.05, 3.63) is 126 Å². The number of halogens is 1. The molecule has 0 saturated carbocycles. The monoisotopic (exact) mass is 617 g/mol. The molecule has 0 bridgehead atoms. The van der Waals surface area contributed by atoms with Gasteiger partial charge in [0.15, 0.2) is 0 Å². The van der Waals surface area contributed by atoms with Crippen LogP contribution in [0.2, 0.25) is 0 Å². The first-order valence-corrected chi connectivity index (χ1v) is 15.6. The maximum Gasteiger partial charge on any atom is 0.264 e. The zero-order valence-corrected chi connectivity index (χ0v) is 25.7. The molecule has 8 nitrogen and oxygen atoms in total. The van der Waals surface area contributed by atoms with Crippen molar-refractivity contribution in [3.8, 4) is 5.75 Å². The minimum Gasteiger partial charge on any atom is -0.497 e. The van der Waals surface area contributed by atoms with Crippen LogP contribution >= 0.6 is 0 Å². The number of rotatable bonds is 13. The molecule has 0 aromatic heterocycles. The molecule has 0 heterocycles. The van der Waals surface area contributed by atoms with E-state index in [4.69, 9.17) is 4.74 Å². The Morgan fingerprint density at radius 2 is 1.48 bits per heavy atom. The second-order valence-electron chi connectivity index (χ2n) is 10.5. The van der Waals surface area contributed by atoms with Crippen molar-refractivity contribution in [2.75, 3.05) is 18.0 Å². The smallest absolute Gasteiger partial charge is 0.264 e. The lowest BCUT2D eigenvalue weighted by Gasteiger charge is -2.34. The number of carbonyl (C=O) groups excluding carboxylic acids is 2. The molecule has 10 heteroatoms. The van der Waals surface area contributed by atoms with Gasteiger partial charge in [-0.25, -0.2) is 12.8 Å².